The predicted molar refractivity (Wildman–Crippen MR) is 85.3 cm³/mol. The molecule has 0 bridgehead atoms. The second-order valence-corrected chi connectivity index (χ2v) is 6.35. The number of rotatable bonds is 2. The Labute approximate surface area is 132 Å². The number of benzene rings is 1. The van der Waals surface area contributed by atoms with Crippen LogP contribution in [-0.2, 0) is 14.1 Å². The molecular weight excluding hydrogens is 388 g/mol. The Bertz CT molecular complexity index is 845. The first kappa shape index (κ1) is 13.7. The molecule has 1 atom stereocenters. The summed E-state index contributed by atoms with van der Waals surface area (Å²) in [6.07, 6.45) is 0. The van der Waals surface area contributed by atoms with E-state index >= 15 is 0 Å². The molecule has 2 heterocycles. The number of fused-ring (bicyclic) bond motifs is 1. The number of aryl methyl sites for hydroxylation is 2. The molecule has 2 aromatic heterocycles. The largest absolute Gasteiger partial charge is 0.453 e. The van der Waals surface area contributed by atoms with Crippen molar-refractivity contribution in [1.82, 2.24) is 9.13 Å². The highest BCUT2D eigenvalue weighted by molar-refractivity contribution is 9.10. The van der Waals surface area contributed by atoms with Crippen molar-refractivity contribution in [2.45, 2.75) is 4.83 Å². The molecule has 3 aromatic rings. The highest BCUT2D eigenvalue weighted by Gasteiger charge is 2.16. The molecule has 0 spiro atoms. The Kier molecular flexibility index (Phi) is 3.38. The van der Waals surface area contributed by atoms with E-state index in [1.807, 2.05) is 30.3 Å². The molecule has 20 heavy (non-hydrogen) atoms. The number of hydrogen-bond donors (Lipinski definition) is 0. The fourth-order valence-electron chi connectivity index (χ4n) is 2.31. The van der Waals surface area contributed by atoms with Gasteiger partial charge in [0.2, 0.25) is 0 Å². The second-order valence-electron chi connectivity index (χ2n) is 4.65. The van der Waals surface area contributed by atoms with E-state index in [1.165, 1.54) is 0 Å². The molecule has 0 aliphatic carbocycles. The molecule has 1 unspecified atom stereocenters. The third-order valence-corrected chi connectivity index (χ3v) is 4.84. The van der Waals surface area contributed by atoms with Crippen molar-refractivity contribution >= 4 is 42.9 Å². The number of alkyl halides is 1. The molecule has 104 valence electrons. The molecule has 0 aliphatic rings. The van der Waals surface area contributed by atoms with Crippen molar-refractivity contribution in [3.8, 4) is 0 Å². The molecule has 3 rings (SSSR count). The summed E-state index contributed by atoms with van der Waals surface area (Å²) >= 11 is 6.94. The normalized spacial score (nSPS) is 13.0. The van der Waals surface area contributed by atoms with Gasteiger partial charge in [-0.1, -0.05) is 22.0 Å². The molecule has 0 N–H and O–H groups in total. The summed E-state index contributed by atoms with van der Waals surface area (Å²) in [5, 5.41) is 0. The molecule has 0 saturated carbocycles. The van der Waals surface area contributed by atoms with Crippen LogP contribution in [0.25, 0.3) is 11.0 Å². The number of furan rings is 1. The van der Waals surface area contributed by atoms with Gasteiger partial charge >= 0.3 is 5.69 Å². The average molecular weight is 400 g/mol. The zero-order chi connectivity index (χ0) is 14.4. The van der Waals surface area contributed by atoms with Crippen LogP contribution in [0.2, 0.25) is 0 Å². The van der Waals surface area contributed by atoms with Gasteiger partial charge in [0, 0.05) is 14.1 Å². The molecule has 4 nitrogen and oxygen atoms in total. The maximum Gasteiger partial charge on any atom is 0.328 e. The maximum absolute atomic E-state index is 11.9. The van der Waals surface area contributed by atoms with Gasteiger partial charge in [-0.25, -0.2) is 4.79 Å². The third-order valence-electron chi connectivity index (χ3n) is 3.43. The first-order valence-corrected chi connectivity index (χ1v) is 7.74. The lowest BCUT2D eigenvalue weighted by molar-refractivity contribution is 0.497. The minimum atomic E-state index is -0.0477. The van der Waals surface area contributed by atoms with Gasteiger partial charge < -0.3 is 4.42 Å². The summed E-state index contributed by atoms with van der Waals surface area (Å²) < 4.78 is 9.56. The second kappa shape index (κ2) is 4.93. The lowest BCUT2D eigenvalue weighted by atomic mass is 10.1. The third kappa shape index (κ3) is 2.07. The minimum Gasteiger partial charge on any atom is -0.453 e. The van der Waals surface area contributed by atoms with E-state index in [2.05, 4.69) is 31.9 Å². The van der Waals surface area contributed by atoms with E-state index in [0.717, 1.165) is 22.4 Å². The Morgan fingerprint density at radius 2 is 1.80 bits per heavy atom. The molecule has 0 aliphatic heterocycles. The van der Waals surface area contributed by atoms with Crippen molar-refractivity contribution < 1.29 is 4.42 Å². The van der Waals surface area contributed by atoms with Crippen LogP contribution in [0, 0.1) is 0 Å². The van der Waals surface area contributed by atoms with Gasteiger partial charge in [-0.3, -0.25) is 9.13 Å². The quantitative estimate of drug-likeness (QED) is 0.616. The molecule has 0 fully saturated rings. The average Bonchev–Trinajstić information content (AvgIpc) is 2.97. The summed E-state index contributed by atoms with van der Waals surface area (Å²) in [7, 11) is 3.56. The number of halogens is 2. The Hall–Kier alpha value is -1.27. The van der Waals surface area contributed by atoms with Crippen LogP contribution in [0.1, 0.15) is 16.2 Å². The predicted octanol–water partition coefficient (Wildman–Crippen LogP) is 3.72. The van der Waals surface area contributed by atoms with Gasteiger partial charge in [-0.2, -0.15) is 0 Å². The summed E-state index contributed by atoms with van der Waals surface area (Å²) in [4.78, 5) is 11.9. The van der Waals surface area contributed by atoms with Crippen molar-refractivity contribution in [3.63, 3.8) is 0 Å². The molecular formula is C14H12Br2N2O2. The van der Waals surface area contributed by atoms with Crippen molar-refractivity contribution in [2.75, 3.05) is 0 Å². The van der Waals surface area contributed by atoms with Gasteiger partial charge in [-0.15, -0.1) is 0 Å². The summed E-state index contributed by atoms with van der Waals surface area (Å²) in [5.74, 6) is 0.817. The Balaban J connectivity index is 2.14. The first-order chi connectivity index (χ1) is 9.49. The topological polar surface area (TPSA) is 40.1 Å². The Morgan fingerprint density at radius 3 is 2.45 bits per heavy atom. The Morgan fingerprint density at radius 1 is 1.10 bits per heavy atom. The molecule has 0 amide bonds. The monoisotopic (exact) mass is 398 g/mol. The molecule has 0 saturated heterocycles. The molecule has 1 aromatic carbocycles. The zero-order valence-electron chi connectivity index (χ0n) is 10.9. The summed E-state index contributed by atoms with van der Waals surface area (Å²) in [5.41, 5.74) is 2.84. The van der Waals surface area contributed by atoms with Crippen LogP contribution in [-0.4, -0.2) is 9.13 Å². The van der Waals surface area contributed by atoms with E-state index < -0.39 is 0 Å². The molecule has 0 radical (unpaired) electrons. The summed E-state index contributed by atoms with van der Waals surface area (Å²) in [6.45, 7) is 0. The fourth-order valence-corrected chi connectivity index (χ4v) is 3.16. The van der Waals surface area contributed by atoms with E-state index in [4.69, 9.17) is 4.42 Å². The van der Waals surface area contributed by atoms with E-state index in [-0.39, 0.29) is 10.5 Å². The van der Waals surface area contributed by atoms with Crippen LogP contribution in [0.3, 0.4) is 0 Å². The van der Waals surface area contributed by atoms with Crippen LogP contribution in [0.15, 0.2) is 44.2 Å². The van der Waals surface area contributed by atoms with E-state index in [1.54, 1.807) is 23.2 Å². The lowest BCUT2D eigenvalue weighted by Crippen LogP contribution is -2.19. The SMILES string of the molecule is Cn1c(=O)n(C)c2cc(C(Br)c3ccc(Br)o3)ccc21. The highest BCUT2D eigenvalue weighted by atomic mass is 79.9. The number of imidazole rings is 1. The van der Waals surface area contributed by atoms with Gasteiger partial charge in [0.25, 0.3) is 0 Å². The zero-order valence-corrected chi connectivity index (χ0v) is 14.1. The highest BCUT2D eigenvalue weighted by Crippen LogP contribution is 2.34. The van der Waals surface area contributed by atoms with E-state index in [9.17, 15) is 4.79 Å². The van der Waals surface area contributed by atoms with Crippen LogP contribution >= 0.6 is 31.9 Å². The van der Waals surface area contributed by atoms with Crippen molar-refractivity contribution in [1.29, 1.82) is 0 Å². The number of hydrogen-bond acceptors (Lipinski definition) is 2. The minimum absolute atomic E-state index is 0.0241. The van der Waals surface area contributed by atoms with Gasteiger partial charge in [0.15, 0.2) is 4.67 Å². The van der Waals surface area contributed by atoms with Crippen LogP contribution in [0.4, 0.5) is 0 Å². The maximum atomic E-state index is 11.9. The number of aromatic nitrogens is 2. The fraction of sp³-hybridized carbons (Fsp3) is 0.214. The number of nitrogens with zero attached hydrogens (tertiary/aromatic N) is 2. The summed E-state index contributed by atoms with van der Waals surface area (Å²) in [6, 6.07) is 9.74. The van der Waals surface area contributed by atoms with E-state index in [0.29, 0.717) is 4.67 Å². The van der Waals surface area contributed by atoms with Crippen LogP contribution in [0.5, 0.6) is 0 Å². The van der Waals surface area contributed by atoms with Crippen LogP contribution < -0.4 is 5.69 Å². The standard InChI is InChI=1S/C14H12Br2N2O2/c1-17-9-4-3-8(7-10(9)18(2)14(17)19)13(16)11-5-6-12(15)20-11/h3-7,13H,1-2H3. The van der Waals surface area contributed by atoms with Gasteiger partial charge in [0.05, 0.1) is 15.9 Å². The van der Waals surface area contributed by atoms with Crippen molar-refractivity contribution in [2.24, 2.45) is 14.1 Å². The van der Waals surface area contributed by atoms with Gasteiger partial charge in [0.1, 0.15) is 5.76 Å². The lowest BCUT2D eigenvalue weighted by Gasteiger charge is -2.08. The first-order valence-electron chi connectivity index (χ1n) is 6.03. The van der Waals surface area contributed by atoms with Gasteiger partial charge in [-0.05, 0) is 45.8 Å². The van der Waals surface area contributed by atoms with Crippen molar-refractivity contribution in [3.05, 3.63) is 56.8 Å². The molecule has 6 heteroatoms. The smallest absolute Gasteiger partial charge is 0.328 e.